The molecule has 226 valence electrons. The summed E-state index contributed by atoms with van der Waals surface area (Å²) in [4.78, 5) is 29.2. The van der Waals surface area contributed by atoms with Crippen LogP contribution in [-0.4, -0.2) is 50.5 Å². The van der Waals surface area contributed by atoms with Gasteiger partial charge < -0.3 is 10.2 Å². The minimum Gasteiger partial charge on any atom is -0.354 e. The van der Waals surface area contributed by atoms with Gasteiger partial charge in [0.25, 0.3) is 0 Å². The van der Waals surface area contributed by atoms with Gasteiger partial charge in [-0.3, -0.25) is 13.9 Å². The number of hydrogen-bond acceptors (Lipinski definition) is 4. The average molecular weight is 592 g/mol. The highest BCUT2D eigenvalue weighted by Crippen LogP contribution is 2.26. The van der Waals surface area contributed by atoms with Crippen molar-refractivity contribution in [1.29, 1.82) is 0 Å². The maximum Gasteiger partial charge on any atom is 0.243 e. The number of sulfonamides is 1. The van der Waals surface area contributed by atoms with Crippen LogP contribution in [0.3, 0.4) is 0 Å². The summed E-state index contributed by atoms with van der Waals surface area (Å²) in [7, 11) is -3.57. The lowest BCUT2D eigenvalue weighted by Gasteiger charge is -2.32. The predicted molar refractivity (Wildman–Crippen MR) is 171 cm³/mol. The quantitative estimate of drug-likeness (QED) is 0.266. The SMILES string of the molecule is Cc1ccc(CN(C(=O)CCCN(c2cccc(C)c2C)S(C)(=O)=O)[C@H](Cc2ccccc2)C(=O)NCC(C)C)cc1. The summed E-state index contributed by atoms with van der Waals surface area (Å²) < 4.78 is 26.9. The standard InChI is InChI=1S/C34H45N3O4S/c1-25(2)23-35-34(39)32(22-29-13-8-7-9-14-29)36(24-30-19-17-26(3)18-20-30)33(38)16-11-21-37(42(6,40)41)31-15-10-12-27(4)28(31)5/h7-10,12-15,17-20,25,32H,11,16,21-24H2,1-6H3,(H,35,39)/t32-/m1/s1. The molecular formula is C34H45N3O4S. The Morgan fingerprint density at radius 1 is 0.857 bits per heavy atom. The third-order valence-corrected chi connectivity index (χ3v) is 8.61. The van der Waals surface area contributed by atoms with Crippen LogP contribution in [0.4, 0.5) is 5.69 Å². The second kappa shape index (κ2) is 15.0. The summed E-state index contributed by atoms with van der Waals surface area (Å²) in [5, 5.41) is 3.04. The lowest BCUT2D eigenvalue weighted by molar-refractivity contribution is -0.141. The zero-order chi connectivity index (χ0) is 30.9. The second-order valence-electron chi connectivity index (χ2n) is 11.5. The van der Waals surface area contributed by atoms with E-state index in [0.29, 0.717) is 25.1 Å². The molecule has 0 fully saturated rings. The van der Waals surface area contributed by atoms with Crippen LogP contribution in [-0.2, 0) is 32.6 Å². The highest BCUT2D eigenvalue weighted by atomic mass is 32.2. The normalized spacial score (nSPS) is 12.2. The Morgan fingerprint density at radius 3 is 2.14 bits per heavy atom. The molecule has 0 saturated carbocycles. The minimum absolute atomic E-state index is 0.103. The second-order valence-corrected chi connectivity index (χ2v) is 13.4. The Morgan fingerprint density at radius 2 is 1.52 bits per heavy atom. The molecule has 0 aliphatic heterocycles. The number of anilines is 1. The van der Waals surface area contributed by atoms with Crippen molar-refractivity contribution < 1.29 is 18.0 Å². The highest BCUT2D eigenvalue weighted by molar-refractivity contribution is 7.92. The van der Waals surface area contributed by atoms with Crippen LogP contribution >= 0.6 is 0 Å². The van der Waals surface area contributed by atoms with Crippen molar-refractivity contribution in [1.82, 2.24) is 10.2 Å². The van der Waals surface area contributed by atoms with Crippen molar-refractivity contribution in [2.24, 2.45) is 5.92 Å². The first-order valence-corrected chi connectivity index (χ1v) is 16.4. The third kappa shape index (κ3) is 9.44. The van der Waals surface area contributed by atoms with Crippen LogP contribution in [0, 0.1) is 26.7 Å². The van der Waals surface area contributed by atoms with E-state index < -0.39 is 16.1 Å². The van der Waals surface area contributed by atoms with E-state index in [1.807, 2.05) is 101 Å². The predicted octanol–water partition coefficient (Wildman–Crippen LogP) is 5.57. The molecule has 3 rings (SSSR count). The first-order valence-electron chi connectivity index (χ1n) is 14.6. The van der Waals surface area contributed by atoms with Gasteiger partial charge in [-0.25, -0.2) is 8.42 Å². The summed E-state index contributed by atoms with van der Waals surface area (Å²) in [6.07, 6.45) is 1.98. The van der Waals surface area contributed by atoms with Gasteiger partial charge in [0.1, 0.15) is 6.04 Å². The lowest BCUT2D eigenvalue weighted by Crippen LogP contribution is -2.51. The van der Waals surface area contributed by atoms with Gasteiger partial charge in [0, 0.05) is 32.5 Å². The van der Waals surface area contributed by atoms with E-state index in [-0.39, 0.29) is 37.2 Å². The van der Waals surface area contributed by atoms with Gasteiger partial charge in [-0.2, -0.15) is 0 Å². The molecule has 42 heavy (non-hydrogen) atoms. The zero-order valence-electron chi connectivity index (χ0n) is 25.8. The molecule has 3 aromatic carbocycles. The molecule has 0 unspecified atom stereocenters. The van der Waals surface area contributed by atoms with Crippen LogP contribution < -0.4 is 9.62 Å². The largest absolute Gasteiger partial charge is 0.354 e. The zero-order valence-corrected chi connectivity index (χ0v) is 26.6. The molecule has 1 N–H and O–H groups in total. The van der Waals surface area contributed by atoms with E-state index in [1.54, 1.807) is 11.0 Å². The molecule has 0 aromatic heterocycles. The summed E-state index contributed by atoms with van der Waals surface area (Å²) in [6.45, 7) is 10.9. The Balaban J connectivity index is 1.89. The van der Waals surface area contributed by atoms with Crippen molar-refractivity contribution in [2.45, 2.75) is 66.5 Å². The summed E-state index contributed by atoms with van der Waals surface area (Å²) in [6, 6.07) is 22.5. The minimum atomic E-state index is -3.57. The number of nitrogens with one attached hydrogen (secondary N) is 1. The van der Waals surface area contributed by atoms with Gasteiger partial charge in [0.2, 0.25) is 21.8 Å². The third-order valence-electron chi connectivity index (χ3n) is 7.43. The van der Waals surface area contributed by atoms with E-state index in [9.17, 15) is 18.0 Å². The van der Waals surface area contributed by atoms with Gasteiger partial charge in [0.05, 0.1) is 11.9 Å². The van der Waals surface area contributed by atoms with E-state index in [2.05, 4.69) is 5.32 Å². The fourth-order valence-electron chi connectivity index (χ4n) is 4.85. The molecule has 1 atom stereocenters. The Labute approximate surface area is 252 Å². The van der Waals surface area contributed by atoms with E-state index in [0.717, 1.165) is 27.8 Å². The topological polar surface area (TPSA) is 86.8 Å². The molecule has 0 spiro atoms. The van der Waals surface area contributed by atoms with Crippen LogP contribution in [0.1, 0.15) is 54.5 Å². The number of hydrogen-bond donors (Lipinski definition) is 1. The number of carbonyl (C=O) groups excluding carboxylic acids is 2. The molecule has 8 heteroatoms. The summed E-state index contributed by atoms with van der Waals surface area (Å²) in [5.74, 6) is -0.119. The van der Waals surface area contributed by atoms with Crippen LogP contribution in [0.5, 0.6) is 0 Å². The molecule has 3 aromatic rings. The molecule has 0 aliphatic rings. The molecule has 0 saturated heterocycles. The van der Waals surface area contributed by atoms with Crippen molar-refractivity contribution in [3.8, 4) is 0 Å². The molecule has 7 nitrogen and oxygen atoms in total. The Hall–Kier alpha value is -3.65. The summed E-state index contributed by atoms with van der Waals surface area (Å²) >= 11 is 0. The average Bonchev–Trinajstić information content (AvgIpc) is 2.94. The van der Waals surface area contributed by atoms with Gasteiger partial charge in [-0.05, 0) is 61.4 Å². The van der Waals surface area contributed by atoms with Crippen LogP contribution in [0.2, 0.25) is 0 Å². The number of carbonyl (C=O) groups is 2. The van der Waals surface area contributed by atoms with Gasteiger partial charge in [0.15, 0.2) is 0 Å². The lowest BCUT2D eigenvalue weighted by atomic mass is 10.0. The van der Waals surface area contributed by atoms with Gasteiger partial charge in [-0.15, -0.1) is 0 Å². The Bertz CT molecular complexity index is 1440. The van der Waals surface area contributed by atoms with Crippen molar-refractivity contribution >= 4 is 27.5 Å². The first kappa shape index (κ1) is 32.9. The van der Waals surface area contributed by atoms with E-state index in [1.165, 1.54) is 10.6 Å². The maximum atomic E-state index is 14.0. The number of amides is 2. The molecule has 2 amide bonds. The van der Waals surface area contributed by atoms with Gasteiger partial charge in [-0.1, -0.05) is 86.1 Å². The number of rotatable bonds is 14. The highest BCUT2D eigenvalue weighted by Gasteiger charge is 2.30. The fraction of sp³-hybridized carbons (Fsp3) is 0.412. The number of aryl methyl sites for hydroxylation is 2. The number of nitrogens with zero attached hydrogens (tertiary/aromatic N) is 2. The van der Waals surface area contributed by atoms with Crippen molar-refractivity contribution in [3.05, 3.63) is 101 Å². The Kier molecular flexibility index (Phi) is 11.7. The first-order chi connectivity index (χ1) is 19.9. The van der Waals surface area contributed by atoms with Crippen molar-refractivity contribution in [2.75, 3.05) is 23.7 Å². The molecular weight excluding hydrogens is 546 g/mol. The summed E-state index contributed by atoms with van der Waals surface area (Å²) in [5.41, 5.74) is 5.51. The number of benzene rings is 3. The van der Waals surface area contributed by atoms with E-state index >= 15 is 0 Å². The molecule has 0 radical (unpaired) electrons. The van der Waals surface area contributed by atoms with Crippen LogP contribution in [0.15, 0.2) is 72.8 Å². The van der Waals surface area contributed by atoms with E-state index in [4.69, 9.17) is 0 Å². The smallest absolute Gasteiger partial charge is 0.243 e. The molecule has 0 heterocycles. The van der Waals surface area contributed by atoms with Gasteiger partial charge >= 0.3 is 0 Å². The maximum absolute atomic E-state index is 14.0. The van der Waals surface area contributed by atoms with Crippen molar-refractivity contribution in [3.63, 3.8) is 0 Å². The molecule has 0 bridgehead atoms. The van der Waals surface area contributed by atoms with Crippen LogP contribution in [0.25, 0.3) is 0 Å². The monoisotopic (exact) mass is 591 g/mol. The molecule has 0 aliphatic carbocycles. The fourth-order valence-corrected chi connectivity index (χ4v) is 5.87.